The fraction of sp³-hybridized carbons (Fsp3) is 0.393. The molecule has 0 saturated heterocycles. The predicted molar refractivity (Wildman–Crippen MR) is 133 cm³/mol. The number of esters is 2. The third kappa shape index (κ3) is 8.49. The van der Waals surface area contributed by atoms with Crippen LogP contribution in [0.2, 0.25) is 0 Å². The van der Waals surface area contributed by atoms with Crippen molar-refractivity contribution in [2.75, 3.05) is 19.8 Å². The first-order valence-electron chi connectivity index (χ1n) is 11.8. The molecule has 0 N–H and O–H groups in total. The molecule has 0 saturated carbocycles. The molecule has 0 bridgehead atoms. The van der Waals surface area contributed by atoms with Gasteiger partial charge in [-0.15, -0.1) is 0 Å². The molecule has 0 unspecified atom stereocenters. The highest BCUT2D eigenvalue weighted by Gasteiger charge is 2.14. The van der Waals surface area contributed by atoms with Crippen molar-refractivity contribution in [1.82, 2.24) is 0 Å². The predicted octanol–water partition coefficient (Wildman–Crippen LogP) is 5.75. The monoisotopic (exact) mass is 479 g/mol. The first-order chi connectivity index (χ1) is 16.8. The molecule has 0 heterocycles. The van der Waals surface area contributed by atoms with E-state index >= 15 is 0 Å². The van der Waals surface area contributed by atoms with Crippen molar-refractivity contribution >= 4 is 18.0 Å². The van der Waals surface area contributed by atoms with E-state index in [1.165, 1.54) is 17.2 Å². The van der Waals surface area contributed by atoms with Crippen LogP contribution in [0.4, 0.5) is 0 Å². The van der Waals surface area contributed by atoms with E-state index in [1.807, 2.05) is 18.2 Å². The Bertz CT molecular complexity index is 1100. The molecule has 7 nitrogen and oxygen atoms in total. The molecule has 0 aliphatic carbocycles. The average Bonchev–Trinajstić information content (AvgIpc) is 2.82. The fourth-order valence-corrected chi connectivity index (χ4v) is 3.45. The first-order valence-corrected chi connectivity index (χ1v) is 11.8. The Morgan fingerprint density at radius 3 is 2.43 bits per heavy atom. The molecule has 0 radical (unpaired) electrons. The van der Waals surface area contributed by atoms with Crippen molar-refractivity contribution in [2.45, 2.75) is 53.4 Å². The second-order valence-corrected chi connectivity index (χ2v) is 8.13. The molecule has 7 heteroatoms. The average molecular weight is 480 g/mol. The van der Waals surface area contributed by atoms with Crippen LogP contribution in [0.5, 0.6) is 17.2 Å². The zero-order valence-corrected chi connectivity index (χ0v) is 21.1. The van der Waals surface area contributed by atoms with Crippen LogP contribution in [0.15, 0.2) is 42.0 Å². The Hall–Kier alpha value is -3.79. The normalized spacial score (nSPS) is 11.1. The summed E-state index contributed by atoms with van der Waals surface area (Å²) in [6.07, 6.45) is 2.08. The summed E-state index contributed by atoms with van der Waals surface area (Å²) in [5, 5.41) is 9.22. The van der Waals surface area contributed by atoms with Crippen molar-refractivity contribution in [2.24, 2.45) is 0 Å². The van der Waals surface area contributed by atoms with Gasteiger partial charge in [0.1, 0.15) is 17.4 Å². The number of rotatable bonds is 12. The van der Waals surface area contributed by atoms with Crippen LogP contribution in [-0.2, 0) is 14.3 Å². The largest absolute Gasteiger partial charge is 0.494 e. The summed E-state index contributed by atoms with van der Waals surface area (Å²) in [6, 6.07) is 12.7. The van der Waals surface area contributed by atoms with E-state index in [9.17, 15) is 14.9 Å². The SMILES string of the molecule is CCOC(=O)/C(C#N)=C/c1ccc(OC(=O)CCCOc2ccc(C(C)C)c(C)c2)c(OCC)c1. The number of ether oxygens (including phenoxy) is 4. The molecule has 2 aromatic carbocycles. The van der Waals surface area contributed by atoms with Gasteiger partial charge in [-0.25, -0.2) is 4.79 Å². The lowest BCUT2D eigenvalue weighted by Gasteiger charge is -2.13. The van der Waals surface area contributed by atoms with E-state index in [0.29, 0.717) is 36.9 Å². The van der Waals surface area contributed by atoms with Gasteiger partial charge in [-0.05, 0) is 80.1 Å². The van der Waals surface area contributed by atoms with E-state index in [1.54, 1.807) is 32.0 Å². The molecule has 0 amide bonds. The van der Waals surface area contributed by atoms with Gasteiger partial charge in [-0.3, -0.25) is 4.79 Å². The molecule has 0 aromatic heterocycles. The summed E-state index contributed by atoms with van der Waals surface area (Å²) in [4.78, 5) is 24.2. The van der Waals surface area contributed by atoms with Crippen LogP contribution < -0.4 is 14.2 Å². The topological polar surface area (TPSA) is 94.9 Å². The lowest BCUT2D eigenvalue weighted by atomic mass is 9.98. The molecule has 35 heavy (non-hydrogen) atoms. The summed E-state index contributed by atoms with van der Waals surface area (Å²) < 4.78 is 21.7. The van der Waals surface area contributed by atoms with Crippen molar-refractivity contribution < 1.29 is 28.5 Å². The fourth-order valence-electron chi connectivity index (χ4n) is 3.45. The van der Waals surface area contributed by atoms with Gasteiger partial charge in [0.2, 0.25) is 0 Å². The molecule has 0 aliphatic rings. The number of carbonyl (C=O) groups excluding carboxylic acids is 2. The Morgan fingerprint density at radius 1 is 1.03 bits per heavy atom. The number of benzene rings is 2. The van der Waals surface area contributed by atoms with Crippen LogP contribution >= 0.6 is 0 Å². The Balaban J connectivity index is 1.96. The Morgan fingerprint density at radius 2 is 1.80 bits per heavy atom. The van der Waals surface area contributed by atoms with Crippen LogP contribution in [0.3, 0.4) is 0 Å². The molecule has 186 valence electrons. The minimum Gasteiger partial charge on any atom is -0.494 e. The van der Waals surface area contributed by atoms with Crippen molar-refractivity contribution in [3.63, 3.8) is 0 Å². The highest BCUT2D eigenvalue weighted by atomic mass is 16.6. The van der Waals surface area contributed by atoms with Gasteiger partial charge in [0.15, 0.2) is 11.5 Å². The van der Waals surface area contributed by atoms with Crippen molar-refractivity contribution in [3.05, 3.63) is 58.7 Å². The summed E-state index contributed by atoms with van der Waals surface area (Å²) >= 11 is 0. The number of carbonyl (C=O) groups is 2. The summed E-state index contributed by atoms with van der Waals surface area (Å²) in [5.41, 5.74) is 2.89. The number of nitrogens with zero attached hydrogens (tertiary/aromatic N) is 1. The number of hydrogen-bond acceptors (Lipinski definition) is 7. The molecule has 0 fully saturated rings. The molecule has 0 aliphatic heterocycles. The molecule has 0 atom stereocenters. The minimum absolute atomic E-state index is 0.131. The van der Waals surface area contributed by atoms with Crippen LogP contribution in [-0.4, -0.2) is 31.8 Å². The van der Waals surface area contributed by atoms with Crippen LogP contribution in [0.25, 0.3) is 6.08 Å². The van der Waals surface area contributed by atoms with Crippen molar-refractivity contribution in [3.8, 4) is 23.3 Å². The summed E-state index contributed by atoms with van der Waals surface area (Å²) in [5.74, 6) is 0.737. The van der Waals surface area contributed by atoms with E-state index in [2.05, 4.69) is 26.8 Å². The second-order valence-electron chi connectivity index (χ2n) is 8.13. The highest BCUT2D eigenvalue weighted by molar-refractivity contribution is 5.98. The molecule has 0 spiro atoms. The zero-order valence-electron chi connectivity index (χ0n) is 21.1. The van der Waals surface area contributed by atoms with Crippen LogP contribution in [0.1, 0.15) is 63.1 Å². The minimum atomic E-state index is -0.697. The standard InChI is InChI=1S/C28H33NO6/c1-6-32-26-17-21(16-22(18-29)28(31)33-7-2)10-13-25(26)35-27(30)9-8-14-34-23-11-12-24(19(3)4)20(5)15-23/h10-13,15-17,19H,6-9,14H2,1-5H3/b22-16+. The van der Waals surface area contributed by atoms with Crippen LogP contribution in [0, 0.1) is 18.3 Å². The van der Waals surface area contributed by atoms with Gasteiger partial charge >= 0.3 is 11.9 Å². The summed E-state index contributed by atoms with van der Waals surface area (Å²) in [6.45, 7) is 10.8. The maximum absolute atomic E-state index is 12.4. The van der Waals surface area contributed by atoms with E-state index in [0.717, 1.165) is 5.75 Å². The van der Waals surface area contributed by atoms with Gasteiger partial charge in [0, 0.05) is 6.42 Å². The maximum Gasteiger partial charge on any atom is 0.348 e. The zero-order chi connectivity index (χ0) is 25.8. The van der Waals surface area contributed by atoms with Gasteiger partial charge in [0.05, 0.1) is 19.8 Å². The third-order valence-corrected chi connectivity index (χ3v) is 5.08. The Kier molecular flexibility index (Phi) is 10.8. The van der Waals surface area contributed by atoms with Crippen molar-refractivity contribution in [1.29, 1.82) is 5.26 Å². The smallest absolute Gasteiger partial charge is 0.348 e. The molecular weight excluding hydrogens is 446 g/mol. The van der Waals surface area contributed by atoms with E-state index < -0.39 is 11.9 Å². The third-order valence-electron chi connectivity index (χ3n) is 5.08. The molecule has 2 aromatic rings. The van der Waals surface area contributed by atoms with Gasteiger partial charge in [-0.1, -0.05) is 26.0 Å². The number of aryl methyl sites for hydroxylation is 1. The first kappa shape index (κ1) is 27.5. The lowest BCUT2D eigenvalue weighted by molar-refractivity contribution is -0.138. The highest BCUT2D eigenvalue weighted by Crippen LogP contribution is 2.30. The molecule has 2 rings (SSSR count). The Labute approximate surface area is 207 Å². The molecular formula is C28H33NO6. The number of nitriles is 1. The van der Waals surface area contributed by atoms with E-state index in [4.69, 9.17) is 18.9 Å². The van der Waals surface area contributed by atoms with E-state index in [-0.39, 0.29) is 24.4 Å². The number of hydrogen-bond donors (Lipinski definition) is 0. The second kappa shape index (κ2) is 13.8. The quantitative estimate of drug-likeness (QED) is 0.126. The maximum atomic E-state index is 12.4. The van der Waals surface area contributed by atoms with Gasteiger partial charge in [-0.2, -0.15) is 5.26 Å². The van der Waals surface area contributed by atoms with Gasteiger partial charge < -0.3 is 18.9 Å². The van der Waals surface area contributed by atoms with Gasteiger partial charge in [0.25, 0.3) is 0 Å². The lowest BCUT2D eigenvalue weighted by Crippen LogP contribution is -2.11. The summed E-state index contributed by atoms with van der Waals surface area (Å²) in [7, 11) is 0.